The van der Waals surface area contributed by atoms with Crippen LogP contribution in [0.5, 0.6) is 6.01 Å². The van der Waals surface area contributed by atoms with Crippen molar-refractivity contribution in [1.82, 2.24) is 19.8 Å². The van der Waals surface area contributed by atoms with Crippen molar-refractivity contribution in [2.45, 2.75) is 69.9 Å². The Balaban J connectivity index is 1.52. The molecule has 1 aromatic heterocycles. The Morgan fingerprint density at radius 3 is 2.70 bits per heavy atom. The molecule has 9 nitrogen and oxygen atoms in total. The van der Waals surface area contributed by atoms with Gasteiger partial charge in [-0.25, -0.2) is 0 Å². The zero-order chi connectivity index (χ0) is 30.9. The molecule has 1 saturated heterocycles. The molecular weight excluding hydrogens is 559 g/mol. The average molecular weight is 598 g/mol. The highest BCUT2D eigenvalue weighted by molar-refractivity contribution is 5.87. The van der Waals surface area contributed by atoms with Crippen LogP contribution in [0.2, 0.25) is 0 Å². The van der Waals surface area contributed by atoms with Crippen molar-refractivity contribution < 1.29 is 22.7 Å². The van der Waals surface area contributed by atoms with Crippen LogP contribution in [0.3, 0.4) is 0 Å². The number of hydrogen-bond donors (Lipinski definition) is 0. The van der Waals surface area contributed by atoms with E-state index in [2.05, 4.69) is 22.4 Å². The Morgan fingerprint density at radius 1 is 1.21 bits per heavy atom. The lowest BCUT2D eigenvalue weighted by Crippen LogP contribution is -2.55. The Morgan fingerprint density at radius 2 is 2.00 bits per heavy atom. The van der Waals surface area contributed by atoms with E-state index in [9.17, 15) is 23.2 Å². The molecule has 3 heterocycles. The molecule has 3 aliphatic rings. The van der Waals surface area contributed by atoms with E-state index in [0.29, 0.717) is 44.1 Å². The number of carbonyl (C=O) groups is 1. The predicted octanol–water partition coefficient (Wildman–Crippen LogP) is 4.34. The fourth-order valence-corrected chi connectivity index (χ4v) is 6.70. The molecule has 2 aliphatic heterocycles. The summed E-state index contributed by atoms with van der Waals surface area (Å²) in [5.41, 5.74) is 1.16. The minimum absolute atomic E-state index is 0.109. The van der Waals surface area contributed by atoms with Crippen LogP contribution in [0, 0.1) is 18.3 Å². The van der Waals surface area contributed by atoms with Crippen molar-refractivity contribution in [2.75, 3.05) is 50.1 Å². The van der Waals surface area contributed by atoms with Crippen molar-refractivity contribution in [3.05, 3.63) is 53.2 Å². The van der Waals surface area contributed by atoms with E-state index in [4.69, 9.17) is 14.7 Å². The molecule has 12 heteroatoms. The number of amides is 1. The van der Waals surface area contributed by atoms with Crippen LogP contribution in [0.15, 0.2) is 30.9 Å². The van der Waals surface area contributed by atoms with Crippen LogP contribution < -0.4 is 14.5 Å². The molecule has 2 fully saturated rings. The van der Waals surface area contributed by atoms with Gasteiger partial charge in [0.25, 0.3) is 0 Å². The first-order valence-electron chi connectivity index (χ1n) is 14.7. The summed E-state index contributed by atoms with van der Waals surface area (Å²) in [5.74, 6) is 0.437. The molecule has 3 atom stereocenters. The second-order valence-corrected chi connectivity index (χ2v) is 11.7. The quantitative estimate of drug-likeness (QED) is 0.436. The molecule has 0 N–H and O–H groups in total. The number of hydrogen-bond acceptors (Lipinski definition) is 8. The number of nitriles is 1. The van der Waals surface area contributed by atoms with Crippen molar-refractivity contribution in [3.63, 3.8) is 0 Å². The topological polar surface area (TPSA) is 88.8 Å². The number of benzene rings is 1. The zero-order valence-electron chi connectivity index (χ0n) is 24.9. The lowest BCUT2D eigenvalue weighted by molar-refractivity contribution is -0.137. The second-order valence-electron chi connectivity index (χ2n) is 11.7. The average Bonchev–Trinajstić information content (AvgIpc) is 3.44. The van der Waals surface area contributed by atoms with Crippen LogP contribution in [0.1, 0.15) is 48.1 Å². The van der Waals surface area contributed by atoms with E-state index in [-0.39, 0.29) is 54.3 Å². The van der Waals surface area contributed by atoms with E-state index in [1.54, 1.807) is 15.9 Å². The number of rotatable bonds is 7. The molecule has 5 rings (SSSR count). The van der Waals surface area contributed by atoms with E-state index in [0.717, 1.165) is 24.8 Å². The smallest absolute Gasteiger partial charge is 0.418 e. The Kier molecular flexibility index (Phi) is 8.83. The first kappa shape index (κ1) is 30.6. The van der Waals surface area contributed by atoms with Gasteiger partial charge in [-0.2, -0.15) is 28.4 Å². The Labute approximate surface area is 250 Å². The summed E-state index contributed by atoms with van der Waals surface area (Å²) in [4.78, 5) is 29.8. The van der Waals surface area contributed by atoms with Gasteiger partial charge < -0.3 is 24.3 Å². The Hall–Kier alpha value is -3.85. The fourth-order valence-electron chi connectivity index (χ4n) is 6.70. The monoisotopic (exact) mass is 597 g/mol. The van der Waals surface area contributed by atoms with Gasteiger partial charge in [-0.3, -0.25) is 4.79 Å². The molecule has 2 unspecified atom stereocenters. The summed E-state index contributed by atoms with van der Waals surface area (Å²) in [7, 11) is 4.03. The number of halogens is 3. The number of carbonyl (C=O) groups excluding carboxylic acids is 1. The molecule has 1 saturated carbocycles. The lowest BCUT2D eigenvalue weighted by Gasteiger charge is -2.42. The van der Waals surface area contributed by atoms with Crippen LogP contribution in [0.25, 0.3) is 0 Å². The molecule has 1 amide bonds. The van der Waals surface area contributed by atoms with E-state index in [1.165, 1.54) is 25.1 Å². The normalized spacial score (nSPS) is 22.4. The third-order valence-corrected chi connectivity index (χ3v) is 8.80. The van der Waals surface area contributed by atoms with E-state index >= 15 is 0 Å². The van der Waals surface area contributed by atoms with Crippen molar-refractivity contribution >= 4 is 17.4 Å². The van der Waals surface area contributed by atoms with Gasteiger partial charge in [0.05, 0.1) is 36.3 Å². The first-order valence-corrected chi connectivity index (χ1v) is 14.7. The number of piperazine rings is 1. The van der Waals surface area contributed by atoms with Crippen LogP contribution in [-0.2, 0) is 23.9 Å². The van der Waals surface area contributed by atoms with Crippen molar-refractivity contribution in [2.24, 2.45) is 0 Å². The maximum Gasteiger partial charge on any atom is 0.418 e. The Bertz CT molecular complexity index is 1410. The number of alkyl halides is 3. The first-order chi connectivity index (χ1) is 20.5. The van der Waals surface area contributed by atoms with Gasteiger partial charge >= 0.3 is 12.2 Å². The summed E-state index contributed by atoms with van der Waals surface area (Å²) in [6.45, 7) is 6.87. The van der Waals surface area contributed by atoms with Gasteiger partial charge in [0.2, 0.25) is 5.91 Å². The molecule has 0 spiro atoms. The summed E-state index contributed by atoms with van der Waals surface area (Å²) >= 11 is 0. The third-order valence-electron chi connectivity index (χ3n) is 8.80. The maximum atomic E-state index is 14.1. The number of nitrogens with zero attached hydrogens (tertiary/aromatic N) is 7. The lowest BCUT2D eigenvalue weighted by atomic mass is 10.00. The molecular formula is C31H38F3N7O2. The minimum atomic E-state index is -4.49. The summed E-state index contributed by atoms with van der Waals surface area (Å²) in [5, 5.41) is 9.48. The molecule has 43 heavy (non-hydrogen) atoms. The van der Waals surface area contributed by atoms with E-state index in [1.807, 2.05) is 14.1 Å². The molecule has 230 valence electrons. The summed E-state index contributed by atoms with van der Waals surface area (Å²) in [6, 6.07) is 6.89. The molecule has 2 aromatic rings. The minimum Gasteiger partial charge on any atom is -0.458 e. The van der Waals surface area contributed by atoms with Gasteiger partial charge in [0, 0.05) is 43.5 Å². The van der Waals surface area contributed by atoms with Gasteiger partial charge in [-0.15, -0.1) is 0 Å². The van der Waals surface area contributed by atoms with Gasteiger partial charge in [0.1, 0.15) is 11.9 Å². The van der Waals surface area contributed by atoms with Crippen molar-refractivity contribution in [3.8, 4) is 12.1 Å². The summed E-state index contributed by atoms with van der Waals surface area (Å²) in [6.07, 6.45) is 0.117. The molecule has 0 bridgehead atoms. The van der Waals surface area contributed by atoms with E-state index < -0.39 is 11.7 Å². The maximum absolute atomic E-state index is 14.1. The van der Waals surface area contributed by atoms with Crippen LogP contribution in [-0.4, -0.2) is 84.1 Å². The number of likely N-dealkylation sites (N-methyl/N-ethyl adjacent to an activating group) is 1. The number of ether oxygens (including phenoxy) is 1. The molecule has 1 aromatic carbocycles. The zero-order valence-corrected chi connectivity index (χ0v) is 24.9. The standard InChI is InChI=1S/C31H38F3N7O2/c1-5-27(42)41-17-16-40(18-21(41)12-14-35)29-22-13-15-39(25-10-6-8-20(2)28(25)31(32,33)34)19-23(22)36-30(37-29)43-26-11-7-9-24(26)38(3)4/h5-6,8,10,21,24,26H,1,7,9,11-13,15-19H2,2-4H3/t21-,24?,26?/m0/s1. The largest absolute Gasteiger partial charge is 0.458 e. The highest BCUT2D eigenvalue weighted by Crippen LogP contribution is 2.41. The number of aromatic nitrogens is 2. The number of anilines is 2. The highest BCUT2D eigenvalue weighted by Gasteiger charge is 2.39. The SMILES string of the molecule is C=CC(=O)N1CCN(c2nc(OC3CCCC3N(C)C)nc3c2CCN(c2cccc(C)c2C(F)(F)F)C3)C[C@@H]1CC#N. The summed E-state index contributed by atoms with van der Waals surface area (Å²) < 4.78 is 48.8. The molecule has 0 radical (unpaired) electrons. The van der Waals surface area contributed by atoms with Gasteiger partial charge in [0.15, 0.2) is 0 Å². The molecule has 1 aliphatic carbocycles. The van der Waals surface area contributed by atoms with Crippen LogP contribution >= 0.6 is 0 Å². The van der Waals surface area contributed by atoms with Gasteiger partial charge in [-0.05, 0) is 64.4 Å². The number of fused-ring (bicyclic) bond motifs is 1. The highest BCUT2D eigenvalue weighted by atomic mass is 19.4. The van der Waals surface area contributed by atoms with Crippen LogP contribution in [0.4, 0.5) is 24.7 Å². The van der Waals surface area contributed by atoms with Crippen molar-refractivity contribution in [1.29, 1.82) is 5.26 Å². The predicted molar refractivity (Wildman–Crippen MR) is 157 cm³/mol. The number of aryl methyl sites for hydroxylation is 1. The third kappa shape index (κ3) is 6.27. The fraction of sp³-hybridized carbons (Fsp3) is 0.548. The second kappa shape index (κ2) is 12.4. The van der Waals surface area contributed by atoms with Gasteiger partial charge in [-0.1, -0.05) is 18.7 Å².